The van der Waals surface area contributed by atoms with E-state index < -0.39 is 23.6 Å². The molecule has 0 unspecified atom stereocenters. The van der Waals surface area contributed by atoms with E-state index in [0.29, 0.717) is 35.8 Å². The number of unbranched alkanes of at least 4 members (excludes halogenated alkanes) is 6. The Balaban J connectivity index is 0.814. The highest BCUT2D eigenvalue weighted by Gasteiger charge is 2.34. The van der Waals surface area contributed by atoms with E-state index >= 15 is 8.78 Å². The van der Waals surface area contributed by atoms with Gasteiger partial charge >= 0.3 is 11.9 Å². The topological polar surface area (TPSA) is 108 Å². The Morgan fingerprint density at radius 3 is 1.33 bits per heavy atom. The third-order valence-electron chi connectivity index (χ3n) is 11.9. The maximum Gasteiger partial charge on any atom is 0.343 e. The lowest BCUT2D eigenvalue weighted by Crippen LogP contribution is -2.43. The third-order valence-corrected chi connectivity index (χ3v) is 11.9. The summed E-state index contributed by atoms with van der Waals surface area (Å²) in [6.07, 6.45) is 8.04. The van der Waals surface area contributed by atoms with Crippen molar-refractivity contribution in [2.45, 2.75) is 72.1 Å². The molecular formula is C55H62F2O10. The van der Waals surface area contributed by atoms with Crippen molar-refractivity contribution in [1.29, 1.82) is 0 Å². The van der Waals surface area contributed by atoms with Crippen molar-refractivity contribution in [3.05, 3.63) is 131 Å². The second kappa shape index (κ2) is 23.9. The second-order valence-corrected chi connectivity index (χ2v) is 18.4. The fourth-order valence-electron chi connectivity index (χ4n) is 7.78. The number of esters is 2. The van der Waals surface area contributed by atoms with E-state index in [1.807, 2.05) is 19.1 Å². The Morgan fingerprint density at radius 2 is 0.910 bits per heavy atom. The van der Waals surface area contributed by atoms with E-state index in [-0.39, 0.29) is 33.5 Å². The van der Waals surface area contributed by atoms with Gasteiger partial charge < -0.3 is 37.9 Å². The molecule has 0 amide bonds. The summed E-state index contributed by atoms with van der Waals surface area (Å²) in [5.41, 5.74) is 4.33. The van der Waals surface area contributed by atoms with Crippen LogP contribution in [0.1, 0.15) is 91.5 Å². The van der Waals surface area contributed by atoms with Crippen LogP contribution < -0.4 is 18.9 Å². The van der Waals surface area contributed by atoms with Gasteiger partial charge in [0.1, 0.15) is 11.5 Å². The van der Waals surface area contributed by atoms with Crippen molar-refractivity contribution in [3.63, 3.8) is 0 Å². The highest BCUT2D eigenvalue weighted by Crippen LogP contribution is 2.34. The third kappa shape index (κ3) is 14.4. The second-order valence-electron chi connectivity index (χ2n) is 18.4. The van der Waals surface area contributed by atoms with E-state index in [1.165, 1.54) is 24.3 Å². The average molecular weight is 921 g/mol. The van der Waals surface area contributed by atoms with E-state index in [9.17, 15) is 9.59 Å². The smallest absolute Gasteiger partial charge is 0.343 e. The zero-order valence-corrected chi connectivity index (χ0v) is 38.9. The largest absolute Gasteiger partial charge is 0.494 e. The molecule has 0 aliphatic carbocycles. The predicted octanol–water partition coefficient (Wildman–Crippen LogP) is 12.0. The molecule has 7 rings (SSSR count). The van der Waals surface area contributed by atoms with Crippen molar-refractivity contribution in [2.75, 3.05) is 66.1 Å². The standard InChI is InChI=1S/C55H62F2O10/c1-39-30-42(43-17-24-50(48(56)31-43)66-52(58)40-12-19-45(20-13-40)64-28-10-6-4-8-26-60-33-54(2)35-62-36-54)16-23-47(39)44-18-25-51(49(57)32-44)67-53(59)41-14-21-46(22-15-41)65-29-11-7-5-9-27-61-34-55(3)37-63-38-55/h12-25,30-32H,4-11,26-29,33-38H2,1-3H3. The Labute approximate surface area is 392 Å². The van der Waals surface area contributed by atoms with Crippen molar-refractivity contribution in [1.82, 2.24) is 0 Å². The Hall–Kier alpha value is -5.66. The van der Waals surface area contributed by atoms with Crippen LogP contribution in [0.15, 0.2) is 103 Å². The molecular weight excluding hydrogens is 859 g/mol. The highest BCUT2D eigenvalue weighted by molar-refractivity contribution is 5.92. The molecule has 0 aromatic heterocycles. The van der Waals surface area contributed by atoms with Gasteiger partial charge in [-0.25, -0.2) is 18.4 Å². The lowest BCUT2D eigenvalue weighted by molar-refractivity contribution is -0.138. The quantitative estimate of drug-likeness (QED) is 0.0302. The summed E-state index contributed by atoms with van der Waals surface area (Å²) in [4.78, 5) is 25.8. The van der Waals surface area contributed by atoms with Gasteiger partial charge in [0, 0.05) is 24.0 Å². The van der Waals surface area contributed by atoms with Crippen molar-refractivity contribution < 1.29 is 56.3 Å². The molecule has 67 heavy (non-hydrogen) atoms. The van der Waals surface area contributed by atoms with Crippen molar-refractivity contribution in [2.24, 2.45) is 10.8 Å². The van der Waals surface area contributed by atoms with Crippen LogP contribution in [0.3, 0.4) is 0 Å². The first-order valence-corrected chi connectivity index (χ1v) is 23.4. The van der Waals surface area contributed by atoms with Gasteiger partial charge in [-0.05, 0) is 146 Å². The van der Waals surface area contributed by atoms with Gasteiger partial charge in [-0.2, -0.15) is 0 Å². The Bertz CT molecular complexity index is 2390. The van der Waals surface area contributed by atoms with Crippen LogP contribution in [-0.4, -0.2) is 78.0 Å². The Morgan fingerprint density at radius 1 is 0.507 bits per heavy atom. The fourth-order valence-corrected chi connectivity index (χ4v) is 7.78. The maximum absolute atomic E-state index is 15.3. The number of rotatable bonds is 26. The number of halogens is 2. The van der Waals surface area contributed by atoms with Gasteiger partial charge in [0.2, 0.25) is 0 Å². The predicted molar refractivity (Wildman–Crippen MR) is 252 cm³/mol. The van der Waals surface area contributed by atoms with Gasteiger partial charge in [-0.1, -0.05) is 57.0 Å². The molecule has 0 bridgehead atoms. The minimum atomic E-state index is -0.693. The number of aryl methyl sites for hydroxylation is 1. The minimum Gasteiger partial charge on any atom is -0.494 e. The zero-order valence-electron chi connectivity index (χ0n) is 38.9. The fraction of sp³-hybridized carbons (Fsp3) is 0.418. The lowest BCUT2D eigenvalue weighted by atomic mass is 9.90. The van der Waals surface area contributed by atoms with Crippen LogP contribution in [-0.2, 0) is 18.9 Å². The molecule has 2 aliphatic rings. The first-order valence-electron chi connectivity index (χ1n) is 23.4. The molecule has 12 heteroatoms. The molecule has 2 aliphatic heterocycles. The molecule has 0 N–H and O–H groups in total. The molecule has 0 atom stereocenters. The summed E-state index contributed by atoms with van der Waals surface area (Å²) in [5.74, 6) is -1.87. The molecule has 5 aromatic carbocycles. The highest BCUT2D eigenvalue weighted by atomic mass is 19.1. The van der Waals surface area contributed by atoms with Gasteiger partial charge in [0.05, 0.1) is 64.0 Å². The number of ether oxygens (including phenoxy) is 8. The number of carbonyl (C=O) groups is 2. The summed E-state index contributed by atoms with van der Waals surface area (Å²) in [5, 5.41) is 0. The summed E-state index contributed by atoms with van der Waals surface area (Å²) in [7, 11) is 0. The van der Waals surface area contributed by atoms with Crippen LogP contribution >= 0.6 is 0 Å². The van der Waals surface area contributed by atoms with Gasteiger partial charge in [0.15, 0.2) is 23.1 Å². The molecule has 0 saturated carbocycles. The van der Waals surface area contributed by atoms with Crippen LogP contribution in [0.25, 0.3) is 22.3 Å². The number of hydrogen-bond acceptors (Lipinski definition) is 10. The van der Waals surface area contributed by atoms with E-state index in [4.69, 9.17) is 37.9 Å². The Kier molecular flexibility index (Phi) is 17.5. The average Bonchev–Trinajstić information content (AvgIpc) is 3.30. The summed E-state index contributed by atoms with van der Waals surface area (Å²) in [6, 6.07) is 27.5. The summed E-state index contributed by atoms with van der Waals surface area (Å²) in [6.45, 7) is 13.5. The molecule has 2 saturated heterocycles. The molecule has 0 radical (unpaired) electrons. The number of hydrogen-bond donors (Lipinski definition) is 0. The van der Waals surface area contributed by atoms with Crippen LogP contribution in [0.5, 0.6) is 23.0 Å². The van der Waals surface area contributed by atoms with Crippen molar-refractivity contribution >= 4 is 11.9 Å². The normalized spacial score (nSPS) is 14.7. The zero-order chi connectivity index (χ0) is 47.1. The minimum absolute atomic E-state index is 0.180. The molecule has 5 aromatic rings. The summed E-state index contributed by atoms with van der Waals surface area (Å²) < 4.78 is 75.2. The van der Waals surface area contributed by atoms with E-state index in [0.717, 1.165) is 121 Å². The molecule has 2 heterocycles. The molecule has 2 fully saturated rings. The van der Waals surface area contributed by atoms with Crippen LogP contribution in [0.2, 0.25) is 0 Å². The van der Waals surface area contributed by atoms with Crippen LogP contribution in [0, 0.1) is 29.4 Å². The van der Waals surface area contributed by atoms with Crippen molar-refractivity contribution in [3.8, 4) is 45.3 Å². The SMILES string of the molecule is Cc1cc(-c2ccc(OC(=O)c3ccc(OCCCCCCOCC4(C)COC4)cc3)c(F)c2)ccc1-c1ccc(OC(=O)c2ccc(OCCCCCCOCC3(C)COC3)cc2)c(F)c1. The number of carbonyl (C=O) groups excluding carboxylic acids is 2. The number of benzene rings is 5. The molecule has 356 valence electrons. The summed E-state index contributed by atoms with van der Waals surface area (Å²) >= 11 is 0. The molecule has 10 nitrogen and oxygen atoms in total. The van der Waals surface area contributed by atoms with Gasteiger partial charge in [-0.15, -0.1) is 0 Å². The van der Waals surface area contributed by atoms with Gasteiger partial charge in [0.25, 0.3) is 0 Å². The first kappa shape index (κ1) is 49.3. The lowest BCUT2D eigenvalue weighted by Gasteiger charge is -2.37. The van der Waals surface area contributed by atoms with E-state index in [1.54, 1.807) is 66.7 Å². The monoisotopic (exact) mass is 920 g/mol. The molecule has 0 spiro atoms. The van der Waals surface area contributed by atoms with Crippen LogP contribution in [0.4, 0.5) is 8.78 Å². The maximum atomic E-state index is 15.3. The first-order chi connectivity index (χ1) is 32.5. The van der Waals surface area contributed by atoms with E-state index in [2.05, 4.69) is 13.8 Å². The van der Waals surface area contributed by atoms with Gasteiger partial charge in [-0.3, -0.25) is 0 Å².